The zero-order valence-electron chi connectivity index (χ0n) is 13.3. The Kier molecular flexibility index (Phi) is 4.92. The van der Waals surface area contributed by atoms with E-state index in [1.54, 1.807) is 0 Å². The first kappa shape index (κ1) is 15.2. The summed E-state index contributed by atoms with van der Waals surface area (Å²) in [5.41, 5.74) is 1.52. The summed E-state index contributed by atoms with van der Waals surface area (Å²) >= 11 is 0. The van der Waals surface area contributed by atoms with Crippen molar-refractivity contribution in [2.75, 3.05) is 24.6 Å². The topological polar surface area (TPSA) is 24.5 Å². The highest BCUT2D eigenvalue weighted by molar-refractivity contribution is 5.52. The molecule has 1 atom stereocenters. The van der Waals surface area contributed by atoms with E-state index in [2.05, 4.69) is 49.2 Å². The van der Waals surface area contributed by atoms with Crippen LogP contribution < -0.4 is 15.0 Å². The minimum Gasteiger partial charge on any atom is -0.494 e. The van der Waals surface area contributed by atoms with E-state index in [9.17, 15) is 0 Å². The Balaban J connectivity index is 2.22. The van der Waals surface area contributed by atoms with Crippen LogP contribution in [0.25, 0.3) is 0 Å². The normalized spacial score (nSPS) is 21.8. The fourth-order valence-corrected chi connectivity index (χ4v) is 3.00. The second kappa shape index (κ2) is 6.49. The Morgan fingerprint density at radius 1 is 1.30 bits per heavy atom. The van der Waals surface area contributed by atoms with Crippen molar-refractivity contribution in [2.45, 2.75) is 52.1 Å². The molecule has 3 nitrogen and oxygen atoms in total. The van der Waals surface area contributed by atoms with Crippen molar-refractivity contribution in [2.24, 2.45) is 0 Å². The lowest BCUT2D eigenvalue weighted by Crippen LogP contribution is -2.63. The van der Waals surface area contributed by atoms with E-state index in [1.807, 2.05) is 13.0 Å². The largest absolute Gasteiger partial charge is 0.494 e. The standard InChI is InChI=1S/C17H28N2O/c1-5-17(6-2)13-19(14(4)12-18-17)15-9-8-10-16(11-15)20-7-3/h8-11,14,18H,5-7,12-13H2,1-4H3. The molecule has 0 aliphatic carbocycles. The third-order valence-corrected chi connectivity index (χ3v) is 4.59. The highest BCUT2D eigenvalue weighted by Crippen LogP contribution is 2.29. The molecule has 0 saturated carbocycles. The fraction of sp³-hybridized carbons (Fsp3) is 0.647. The van der Waals surface area contributed by atoms with Gasteiger partial charge in [-0.2, -0.15) is 0 Å². The predicted molar refractivity (Wildman–Crippen MR) is 85.7 cm³/mol. The molecule has 20 heavy (non-hydrogen) atoms. The Labute approximate surface area is 123 Å². The van der Waals surface area contributed by atoms with Crippen LogP contribution in [-0.2, 0) is 0 Å². The molecule has 1 unspecified atom stereocenters. The zero-order chi connectivity index (χ0) is 14.6. The Morgan fingerprint density at radius 3 is 2.70 bits per heavy atom. The van der Waals surface area contributed by atoms with Gasteiger partial charge in [0.15, 0.2) is 0 Å². The van der Waals surface area contributed by atoms with E-state index in [0.717, 1.165) is 31.7 Å². The minimum atomic E-state index is 0.244. The Morgan fingerprint density at radius 2 is 2.05 bits per heavy atom. The second-order valence-electron chi connectivity index (χ2n) is 5.78. The summed E-state index contributed by atoms with van der Waals surface area (Å²) < 4.78 is 5.63. The van der Waals surface area contributed by atoms with Crippen LogP contribution in [-0.4, -0.2) is 31.3 Å². The molecule has 2 rings (SSSR count). The first-order chi connectivity index (χ1) is 9.64. The van der Waals surface area contributed by atoms with Gasteiger partial charge < -0.3 is 15.0 Å². The number of anilines is 1. The average Bonchev–Trinajstić information content (AvgIpc) is 2.49. The number of piperazine rings is 1. The lowest BCUT2D eigenvalue weighted by Gasteiger charge is -2.47. The molecule has 1 heterocycles. The van der Waals surface area contributed by atoms with Gasteiger partial charge in [0.05, 0.1) is 6.61 Å². The molecule has 1 fully saturated rings. The molecule has 1 aliphatic heterocycles. The molecule has 1 aliphatic rings. The molecule has 1 aromatic rings. The summed E-state index contributed by atoms with van der Waals surface area (Å²) in [6.45, 7) is 11.7. The van der Waals surface area contributed by atoms with Gasteiger partial charge in [0, 0.05) is 36.4 Å². The summed E-state index contributed by atoms with van der Waals surface area (Å²) in [5.74, 6) is 0.967. The summed E-state index contributed by atoms with van der Waals surface area (Å²) in [6, 6.07) is 9.00. The van der Waals surface area contributed by atoms with Crippen molar-refractivity contribution in [3.63, 3.8) is 0 Å². The number of benzene rings is 1. The van der Waals surface area contributed by atoms with Crippen LogP contribution in [0.5, 0.6) is 5.75 Å². The van der Waals surface area contributed by atoms with Crippen molar-refractivity contribution in [3.8, 4) is 5.75 Å². The molecule has 1 N–H and O–H groups in total. The Hall–Kier alpha value is -1.22. The maximum Gasteiger partial charge on any atom is 0.121 e. The Bertz CT molecular complexity index is 429. The molecular weight excluding hydrogens is 248 g/mol. The number of ether oxygens (including phenoxy) is 1. The van der Waals surface area contributed by atoms with Crippen LogP contribution >= 0.6 is 0 Å². The lowest BCUT2D eigenvalue weighted by molar-refractivity contribution is 0.253. The highest BCUT2D eigenvalue weighted by atomic mass is 16.5. The van der Waals surface area contributed by atoms with Crippen molar-refractivity contribution in [3.05, 3.63) is 24.3 Å². The van der Waals surface area contributed by atoms with Crippen LogP contribution in [0.1, 0.15) is 40.5 Å². The maximum absolute atomic E-state index is 5.63. The van der Waals surface area contributed by atoms with Crippen LogP contribution in [0.3, 0.4) is 0 Å². The van der Waals surface area contributed by atoms with Crippen LogP contribution in [0, 0.1) is 0 Å². The quantitative estimate of drug-likeness (QED) is 0.891. The van der Waals surface area contributed by atoms with E-state index in [1.165, 1.54) is 5.69 Å². The molecule has 0 spiro atoms. The molecular formula is C17H28N2O. The van der Waals surface area contributed by atoms with E-state index in [0.29, 0.717) is 12.6 Å². The van der Waals surface area contributed by atoms with Gasteiger partial charge in [-0.25, -0.2) is 0 Å². The van der Waals surface area contributed by atoms with Gasteiger partial charge in [-0.15, -0.1) is 0 Å². The highest BCUT2D eigenvalue weighted by Gasteiger charge is 2.35. The minimum absolute atomic E-state index is 0.244. The van der Waals surface area contributed by atoms with Gasteiger partial charge in [-0.1, -0.05) is 19.9 Å². The van der Waals surface area contributed by atoms with Crippen LogP contribution in [0.4, 0.5) is 5.69 Å². The average molecular weight is 276 g/mol. The summed E-state index contributed by atoms with van der Waals surface area (Å²) in [6.07, 6.45) is 2.33. The first-order valence-corrected chi connectivity index (χ1v) is 7.88. The summed E-state index contributed by atoms with van der Waals surface area (Å²) in [5, 5.41) is 3.75. The number of hydrogen-bond acceptors (Lipinski definition) is 3. The van der Waals surface area contributed by atoms with E-state index < -0.39 is 0 Å². The number of hydrogen-bond donors (Lipinski definition) is 1. The summed E-state index contributed by atoms with van der Waals surface area (Å²) in [4.78, 5) is 2.52. The smallest absolute Gasteiger partial charge is 0.121 e. The molecule has 0 radical (unpaired) electrons. The van der Waals surface area contributed by atoms with E-state index in [-0.39, 0.29) is 5.54 Å². The number of rotatable bonds is 5. The molecule has 1 aromatic carbocycles. The molecule has 0 amide bonds. The van der Waals surface area contributed by atoms with Gasteiger partial charge in [0.25, 0.3) is 0 Å². The molecule has 3 heteroatoms. The van der Waals surface area contributed by atoms with Gasteiger partial charge in [-0.05, 0) is 38.8 Å². The predicted octanol–water partition coefficient (Wildman–Crippen LogP) is 3.44. The summed E-state index contributed by atoms with van der Waals surface area (Å²) in [7, 11) is 0. The van der Waals surface area contributed by atoms with Gasteiger partial charge >= 0.3 is 0 Å². The van der Waals surface area contributed by atoms with Crippen molar-refractivity contribution in [1.82, 2.24) is 5.32 Å². The van der Waals surface area contributed by atoms with E-state index >= 15 is 0 Å². The number of nitrogens with zero attached hydrogens (tertiary/aromatic N) is 1. The SMILES string of the molecule is CCOc1cccc(N2CC(CC)(CC)NCC2C)c1. The molecule has 1 saturated heterocycles. The van der Waals surface area contributed by atoms with Gasteiger partial charge in [0.1, 0.15) is 5.75 Å². The van der Waals surface area contributed by atoms with Gasteiger partial charge in [-0.3, -0.25) is 0 Å². The first-order valence-electron chi connectivity index (χ1n) is 7.88. The van der Waals surface area contributed by atoms with E-state index in [4.69, 9.17) is 4.74 Å². The fourth-order valence-electron chi connectivity index (χ4n) is 3.00. The van der Waals surface area contributed by atoms with Crippen molar-refractivity contribution in [1.29, 1.82) is 0 Å². The molecule has 0 aromatic heterocycles. The third kappa shape index (κ3) is 3.09. The van der Waals surface area contributed by atoms with Crippen LogP contribution in [0.15, 0.2) is 24.3 Å². The maximum atomic E-state index is 5.63. The third-order valence-electron chi connectivity index (χ3n) is 4.59. The molecule has 112 valence electrons. The van der Waals surface area contributed by atoms with Crippen molar-refractivity contribution >= 4 is 5.69 Å². The van der Waals surface area contributed by atoms with Crippen LogP contribution in [0.2, 0.25) is 0 Å². The second-order valence-corrected chi connectivity index (χ2v) is 5.78. The number of nitrogens with one attached hydrogen (secondary N) is 1. The molecule has 0 bridgehead atoms. The monoisotopic (exact) mass is 276 g/mol. The van der Waals surface area contributed by atoms with Crippen molar-refractivity contribution < 1.29 is 4.74 Å². The lowest BCUT2D eigenvalue weighted by atomic mass is 9.88. The van der Waals surface area contributed by atoms with Gasteiger partial charge in [0.2, 0.25) is 0 Å². The zero-order valence-corrected chi connectivity index (χ0v) is 13.3.